The summed E-state index contributed by atoms with van der Waals surface area (Å²) < 4.78 is 32.5. The zero-order valence-corrected chi connectivity index (χ0v) is 15.5. The van der Waals surface area contributed by atoms with Crippen molar-refractivity contribution in [2.45, 2.75) is 32.6 Å². The number of hydrogen-bond acceptors (Lipinski definition) is 5. The number of carbonyl (C=O) groups is 1. The number of benzene rings is 1. The summed E-state index contributed by atoms with van der Waals surface area (Å²) in [5, 5.41) is 2.69. The van der Waals surface area contributed by atoms with Crippen LogP contribution in [-0.2, 0) is 14.8 Å². The topological polar surface area (TPSA) is 102 Å². The van der Waals surface area contributed by atoms with Crippen molar-refractivity contribution in [2.24, 2.45) is 11.7 Å². The molecule has 0 saturated heterocycles. The molecule has 0 spiro atoms. The average Bonchev–Trinajstić information content (AvgIpc) is 2.56. The predicted molar refractivity (Wildman–Crippen MR) is 94.6 cm³/mol. The van der Waals surface area contributed by atoms with Gasteiger partial charge in [0.05, 0.1) is 6.61 Å². The third-order valence-electron chi connectivity index (χ3n) is 3.64. The van der Waals surface area contributed by atoms with Crippen LogP contribution in [0.3, 0.4) is 0 Å². The van der Waals surface area contributed by atoms with Gasteiger partial charge in [0.1, 0.15) is 10.6 Å². The molecule has 0 bridgehead atoms. The second-order valence-corrected chi connectivity index (χ2v) is 7.22. The molecule has 0 fully saturated rings. The minimum absolute atomic E-state index is 0.0475. The molecule has 0 radical (unpaired) electrons. The van der Waals surface area contributed by atoms with Crippen LogP contribution in [0.25, 0.3) is 0 Å². The Hall–Kier alpha value is -1.64. The largest absolute Gasteiger partial charge is 0.492 e. The normalized spacial score (nSPS) is 12.9. The summed E-state index contributed by atoms with van der Waals surface area (Å²) >= 11 is 0. The number of nitrogens with one attached hydrogen (secondary N) is 1. The van der Waals surface area contributed by atoms with Crippen LogP contribution in [0.4, 0.5) is 5.69 Å². The van der Waals surface area contributed by atoms with Gasteiger partial charge in [0.25, 0.3) is 0 Å². The molecule has 7 nitrogen and oxygen atoms in total. The number of ether oxygens (including phenoxy) is 1. The third kappa shape index (κ3) is 4.68. The minimum Gasteiger partial charge on any atom is -0.492 e. The zero-order valence-electron chi connectivity index (χ0n) is 14.7. The fourth-order valence-corrected chi connectivity index (χ4v) is 3.75. The Morgan fingerprint density at radius 3 is 2.42 bits per heavy atom. The van der Waals surface area contributed by atoms with Gasteiger partial charge in [-0.1, -0.05) is 20.8 Å². The fourth-order valence-electron chi connectivity index (χ4n) is 2.14. The van der Waals surface area contributed by atoms with Gasteiger partial charge in [-0.05, 0) is 25.1 Å². The van der Waals surface area contributed by atoms with Gasteiger partial charge < -0.3 is 15.8 Å². The summed E-state index contributed by atoms with van der Waals surface area (Å²) in [6.07, 6.45) is 0. The van der Waals surface area contributed by atoms with Crippen LogP contribution in [-0.4, -0.2) is 44.9 Å². The number of nitrogens with zero attached hydrogens (tertiary/aromatic N) is 1. The molecule has 0 aliphatic heterocycles. The van der Waals surface area contributed by atoms with E-state index in [0.29, 0.717) is 25.4 Å². The monoisotopic (exact) mass is 357 g/mol. The number of hydrogen-bond donors (Lipinski definition) is 2. The van der Waals surface area contributed by atoms with Gasteiger partial charge in [-0.3, -0.25) is 4.79 Å². The van der Waals surface area contributed by atoms with Crippen LogP contribution >= 0.6 is 0 Å². The summed E-state index contributed by atoms with van der Waals surface area (Å²) in [4.78, 5) is 12.0. The number of anilines is 1. The van der Waals surface area contributed by atoms with E-state index in [0.717, 1.165) is 0 Å². The van der Waals surface area contributed by atoms with E-state index in [1.807, 2.05) is 0 Å². The third-order valence-corrected chi connectivity index (χ3v) is 5.71. The summed E-state index contributed by atoms with van der Waals surface area (Å²) in [6.45, 7) is 8.30. The second kappa shape index (κ2) is 9.00. The van der Waals surface area contributed by atoms with Gasteiger partial charge >= 0.3 is 0 Å². The summed E-state index contributed by atoms with van der Waals surface area (Å²) in [5.74, 6) is -0.346. The van der Waals surface area contributed by atoms with E-state index in [1.54, 1.807) is 39.8 Å². The van der Waals surface area contributed by atoms with E-state index in [-0.39, 0.29) is 29.0 Å². The van der Waals surface area contributed by atoms with Gasteiger partial charge in [-0.15, -0.1) is 0 Å². The Morgan fingerprint density at radius 2 is 1.92 bits per heavy atom. The van der Waals surface area contributed by atoms with Crippen molar-refractivity contribution in [1.29, 1.82) is 0 Å². The lowest BCUT2D eigenvalue weighted by molar-refractivity contribution is -0.119. The smallest absolute Gasteiger partial charge is 0.246 e. The van der Waals surface area contributed by atoms with E-state index in [4.69, 9.17) is 10.5 Å². The lowest BCUT2D eigenvalue weighted by Crippen LogP contribution is -2.31. The molecule has 0 aliphatic carbocycles. The molecule has 1 atom stereocenters. The van der Waals surface area contributed by atoms with Crippen LogP contribution < -0.4 is 15.8 Å². The number of carbonyl (C=O) groups excluding carboxylic acids is 1. The molecule has 136 valence electrons. The molecule has 24 heavy (non-hydrogen) atoms. The first-order chi connectivity index (χ1) is 11.3. The van der Waals surface area contributed by atoms with E-state index >= 15 is 0 Å². The maximum atomic E-state index is 12.8. The molecule has 1 unspecified atom stereocenters. The van der Waals surface area contributed by atoms with Crippen LogP contribution in [0.15, 0.2) is 23.1 Å². The summed E-state index contributed by atoms with van der Waals surface area (Å²) in [6, 6.07) is 4.61. The Bertz CT molecular complexity index is 657. The van der Waals surface area contributed by atoms with E-state index in [1.165, 1.54) is 10.4 Å². The van der Waals surface area contributed by atoms with Crippen molar-refractivity contribution < 1.29 is 17.9 Å². The molecule has 0 heterocycles. The van der Waals surface area contributed by atoms with Crippen molar-refractivity contribution in [1.82, 2.24) is 4.31 Å². The average molecular weight is 357 g/mol. The highest BCUT2D eigenvalue weighted by Crippen LogP contribution is 2.30. The second-order valence-electron chi connectivity index (χ2n) is 5.31. The molecule has 0 aromatic heterocycles. The van der Waals surface area contributed by atoms with Gasteiger partial charge in [-0.2, -0.15) is 4.31 Å². The fraction of sp³-hybridized carbons (Fsp3) is 0.562. The van der Waals surface area contributed by atoms with E-state index in [9.17, 15) is 13.2 Å². The molecule has 8 heteroatoms. The van der Waals surface area contributed by atoms with Crippen LogP contribution in [0.2, 0.25) is 0 Å². The minimum atomic E-state index is -3.71. The van der Waals surface area contributed by atoms with Crippen molar-refractivity contribution in [3.05, 3.63) is 18.2 Å². The Balaban J connectivity index is 3.30. The molecule has 1 amide bonds. The standard InChI is InChI=1S/C16H27N3O4S/c1-5-19(6-2)24(21,22)15-10-13(8-9-14(15)23-7-3)18-16(20)12(4)11-17/h8-10,12H,5-7,11,17H2,1-4H3,(H,18,20). The van der Waals surface area contributed by atoms with Crippen molar-refractivity contribution >= 4 is 21.6 Å². The van der Waals surface area contributed by atoms with Crippen molar-refractivity contribution in [3.63, 3.8) is 0 Å². The van der Waals surface area contributed by atoms with Crippen LogP contribution in [0.5, 0.6) is 5.75 Å². The molecule has 0 aliphatic rings. The SMILES string of the molecule is CCOc1ccc(NC(=O)C(C)CN)cc1S(=O)(=O)N(CC)CC. The van der Waals surface area contributed by atoms with Gasteiger partial charge in [-0.25, -0.2) is 8.42 Å². The molecular weight excluding hydrogens is 330 g/mol. The maximum Gasteiger partial charge on any atom is 0.246 e. The highest BCUT2D eigenvalue weighted by atomic mass is 32.2. The van der Waals surface area contributed by atoms with Crippen molar-refractivity contribution in [3.8, 4) is 5.75 Å². The molecule has 0 saturated carbocycles. The maximum absolute atomic E-state index is 12.8. The number of sulfonamides is 1. The van der Waals surface area contributed by atoms with Crippen LogP contribution in [0.1, 0.15) is 27.7 Å². The van der Waals surface area contributed by atoms with Crippen LogP contribution in [0, 0.1) is 5.92 Å². The van der Waals surface area contributed by atoms with Gasteiger partial charge in [0.2, 0.25) is 15.9 Å². The van der Waals surface area contributed by atoms with Gasteiger partial charge in [0.15, 0.2) is 0 Å². The Kier molecular flexibility index (Phi) is 7.65. The summed E-state index contributed by atoms with van der Waals surface area (Å²) in [7, 11) is -3.71. The molecule has 1 aromatic rings. The molecule has 1 aromatic carbocycles. The van der Waals surface area contributed by atoms with Crippen molar-refractivity contribution in [2.75, 3.05) is 31.6 Å². The van der Waals surface area contributed by atoms with E-state index < -0.39 is 10.0 Å². The highest BCUT2D eigenvalue weighted by molar-refractivity contribution is 7.89. The molecule has 3 N–H and O–H groups in total. The zero-order chi connectivity index (χ0) is 18.3. The number of rotatable bonds is 9. The first-order valence-electron chi connectivity index (χ1n) is 8.09. The van der Waals surface area contributed by atoms with Gasteiger partial charge in [0, 0.05) is 31.2 Å². The Labute approximate surface area is 144 Å². The lowest BCUT2D eigenvalue weighted by atomic mass is 10.1. The first kappa shape index (κ1) is 20.4. The molecular formula is C16H27N3O4S. The van der Waals surface area contributed by atoms with E-state index in [2.05, 4.69) is 5.32 Å². The first-order valence-corrected chi connectivity index (χ1v) is 9.53. The Morgan fingerprint density at radius 1 is 1.29 bits per heavy atom. The molecule has 1 rings (SSSR count). The quantitative estimate of drug-likeness (QED) is 0.700. The lowest BCUT2D eigenvalue weighted by Gasteiger charge is -2.21. The highest BCUT2D eigenvalue weighted by Gasteiger charge is 2.26. The predicted octanol–water partition coefficient (Wildman–Crippen LogP) is 1.65. The summed E-state index contributed by atoms with van der Waals surface area (Å²) in [5.41, 5.74) is 5.88. The number of amides is 1. The number of nitrogens with two attached hydrogens (primary N) is 1.